The highest BCUT2D eigenvalue weighted by Crippen LogP contribution is 2.29. The molecular weight excluding hydrogens is 242 g/mol. The van der Waals surface area contributed by atoms with Gasteiger partial charge in [-0.25, -0.2) is 4.79 Å². The maximum absolute atomic E-state index is 12.4. The molecular formula is C15H25NO3. The first-order valence-electron chi connectivity index (χ1n) is 7.62. The van der Waals surface area contributed by atoms with Gasteiger partial charge in [-0.05, 0) is 37.5 Å². The summed E-state index contributed by atoms with van der Waals surface area (Å²) < 4.78 is 0. The lowest BCUT2D eigenvalue weighted by molar-refractivity contribution is -0.155. The van der Waals surface area contributed by atoms with Crippen LogP contribution in [0.15, 0.2) is 0 Å². The van der Waals surface area contributed by atoms with Crippen LogP contribution in [0.1, 0.15) is 58.3 Å². The zero-order valence-electron chi connectivity index (χ0n) is 11.8. The molecule has 1 aliphatic heterocycles. The van der Waals surface area contributed by atoms with Gasteiger partial charge in [-0.1, -0.05) is 26.2 Å². The SMILES string of the molecule is CC1CCCN(C(=O)CC2CCCCC2)C1C(=O)O. The van der Waals surface area contributed by atoms with Gasteiger partial charge >= 0.3 is 5.97 Å². The van der Waals surface area contributed by atoms with E-state index >= 15 is 0 Å². The van der Waals surface area contributed by atoms with Crippen molar-refractivity contribution in [2.45, 2.75) is 64.3 Å². The van der Waals surface area contributed by atoms with Gasteiger partial charge in [0.25, 0.3) is 0 Å². The monoisotopic (exact) mass is 267 g/mol. The summed E-state index contributed by atoms with van der Waals surface area (Å²) in [5.41, 5.74) is 0. The van der Waals surface area contributed by atoms with Crippen LogP contribution in [0, 0.1) is 11.8 Å². The first-order valence-corrected chi connectivity index (χ1v) is 7.62. The highest BCUT2D eigenvalue weighted by molar-refractivity contribution is 5.84. The van der Waals surface area contributed by atoms with Crippen molar-refractivity contribution < 1.29 is 14.7 Å². The van der Waals surface area contributed by atoms with Crippen LogP contribution in [0.2, 0.25) is 0 Å². The molecule has 1 saturated heterocycles. The first-order chi connectivity index (χ1) is 9.09. The fourth-order valence-electron chi connectivity index (χ4n) is 3.60. The Labute approximate surface area is 115 Å². The second kappa shape index (κ2) is 6.40. The Kier molecular flexibility index (Phi) is 4.83. The molecule has 4 heteroatoms. The maximum Gasteiger partial charge on any atom is 0.326 e. The fourth-order valence-corrected chi connectivity index (χ4v) is 3.60. The molecule has 2 aliphatic rings. The number of aliphatic carboxylic acids is 1. The van der Waals surface area contributed by atoms with Gasteiger partial charge in [0.15, 0.2) is 0 Å². The van der Waals surface area contributed by atoms with E-state index in [1.807, 2.05) is 6.92 Å². The lowest BCUT2D eigenvalue weighted by atomic mass is 9.85. The van der Waals surface area contributed by atoms with Crippen LogP contribution in [-0.2, 0) is 9.59 Å². The summed E-state index contributed by atoms with van der Waals surface area (Å²) >= 11 is 0. The van der Waals surface area contributed by atoms with Crippen molar-refractivity contribution in [1.82, 2.24) is 4.90 Å². The molecule has 2 unspecified atom stereocenters. The van der Waals surface area contributed by atoms with Crippen molar-refractivity contribution in [3.63, 3.8) is 0 Å². The Morgan fingerprint density at radius 3 is 2.42 bits per heavy atom. The van der Waals surface area contributed by atoms with Gasteiger partial charge in [-0.15, -0.1) is 0 Å². The molecule has 2 atom stereocenters. The van der Waals surface area contributed by atoms with Gasteiger partial charge in [-0.2, -0.15) is 0 Å². The Bertz CT molecular complexity index is 336. The summed E-state index contributed by atoms with van der Waals surface area (Å²) in [6, 6.07) is -0.607. The predicted octanol–water partition coefficient (Wildman–Crippen LogP) is 2.67. The Balaban J connectivity index is 1.97. The molecule has 2 fully saturated rings. The zero-order chi connectivity index (χ0) is 13.8. The Hall–Kier alpha value is -1.06. The number of likely N-dealkylation sites (tertiary alicyclic amines) is 1. The van der Waals surface area contributed by atoms with Crippen LogP contribution in [0.5, 0.6) is 0 Å². The summed E-state index contributed by atoms with van der Waals surface area (Å²) in [6.45, 7) is 2.56. The molecule has 108 valence electrons. The average molecular weight is 267 g/mol. The highest BCUT2D eigenvalue weighted by Gasteiger charge is 2.37. The molecule has 4 nitrogen and oxygen atoms in total. The third kappa shape index (κ3) is 3.48. The van der Waals surface area contributed by atoms with Crippen molar-refractivity contribution in [3.05, 3.63) is 0 Å². The molecule has 2 rings (SSSR count). The molecule has 1 N–H and O–H groups in total. The second-order valence-corrected chi connectivity index (χ2v) is 6.20. The van der Waals surface area contributed by atoms with Crippen molar-refractivity contribution >= 4 is 11.9 Å². The van der Waals surface area contributed by atoms with Gasteiger partial charge in [0.1, 0.15) is 6.04 Å². The lowest BCUT2D eigenvalue weighted by Crippen LogP contribution is -2.52. The van der Waals surface area contributed by atoms with E-state index in [0.717, 1.165) is 25.7 Å². The van der Waals surface area contributed by atoms with Gasteiger partial charge in [0, 0.05) is 13.0 Å². The molecule has 0 aromatic rings. The minimum Gasteiger partial charge on any atom is -0.480 e. The molecule has 1 heterocycles. The fraction of sp³-hybridized carbons (Fsp3) is 0.867. The quantitative estimate of drug-likeness (QED) is 0.855. The Morgan fingerprint density at radius 2 is 1.79 bits per heavy atom. The Morgan fingerprint density at radius 1 is 1.11 bits per heavy atom. The summed E-state index contributed by atoms with van der Waals surface area (Å²) in [6.07, 6.45) is 8.37. The average Bonchev–Trinajstić information content (AvgIpc) is 2.39. The minimum atomic E-state index is -0.843. The van der Waals surface area contributed by atoms with Crippen LogP contribution in [0.25, 0.3) is 0 Å². The molecule has 1 aliphatic carbocycles. The van der Waals surface area contributed by atoms with Crippen molar-refractivity contribution in [2.75, 3.05) is 6.54 Å². The smallest absolute Gasteiger partial charge is 0.326 e. The third-order valence-corrected chi connectivity index (χ3v) is 4.69. The molecule has 0 aromatic heterocycles. The standard InChI is InChI=1S/C15H25NO3/c1-11-6-5-9-16(14(11)15(18)19)13(17)10-12-7-3-2-4-8-12/h11-12,14H,2-10H2,1H3,(H,18,19). The number of amides is 1. The molecule has 1 saturated carbocycles. The number of rotatable bonds is 3. The zero-order valence-corrected chi connectivity index (χ0v) is 11.8. The number of hydrogen-bond donors (Lipinski definition) is 1. The summed E-state index contributed by atoms with van der Waals surface area (Å²) in [4.78, 5) is 25.4. The first kappa shape index (κ1) is 14.4. The van der Waals surface area contributed by atoms with E-state index in [0.29, 0.717) is 18.9 Å². The van der Waals surface area contributed by atoms with E-state index < -0.39 is 12.0 Å². The normalized spacial score (nSPS) is 29.2. The van der Waals surface area contributed by atoms with Gasteiger partial charge in [0.05, 0.1) is 0 Å². The van der Waals surface area contributed by atoms with Crippen molar-refractivity contribution in [3.8, 4) is 0 Å². The lowest BCUT2D eigenvalue weighted by Gasteiger charge is -2.38. The summed E-state index contributed by atoms with van der Waals surface area (Å²) in [5, 5.41) is 9.34. The molecule has 0 aromatic carbocycles. The highest BCUT2D eigenvalue weighted by atomic mass is 16.4. The van der Waals surface area contributed by atoms with Crippen LogP contribution in [-0.4, -0.2) is 34.5 Å². The summed E-state index contributed by atoms with van der Waals surface area (Å²) in [5.74, 6) is -0.232. The van der Waals surface area contributed by atoms with E-state index in [9.17, 15) is 14.7 Å². The van der Waals surface area contributed by atoms with E-state index in [1.165, 1.54) is 19.3 Å². The molecule has 1 amide bonds. The number of piperidine rings is 1. The van der Waals surface area contributed by atoms with Gasteiger partial charge in [0.2, 0.25) is 5.91 Å². The van der Waals surface area contributed by atoms with Gasteiger partial charge in [-0.3, -0.25) is 4.79 Å². The second-order valence-electron chi connectivity index (χ2n) is 6.20. The van der Waals surface area contributed by atoms with Crippen molar-refractivity contribution in [2.24, 2.45) is 11.8 Å². The predicted molar refractivity (Wildman–Crippen MR) is 72.7 cm³/mol. The number of carboxylic acid groups (broad SMARTS) is 1. The van der Waals surface area contributed by atoms with Crippen LogP contribution < -0.4 is 0 Å². The number of nitrogens with zero attached hydrogens (tertiary/aromatic N) is 1. The van der Waals surface area contributed by atoms with E-state index in [2.05, 4.69) is 0 Å². The third-order valence-electron chi connectivity index (χ3n) is 4.69. The summed E-state index contributed by atoms with van der Waals surface area (Å²) in [7, 11) is 0. The molecule has 0 bridgehead atoms. The van der Waals surface area contributed by atoms with E-state index in [-0.39, 0.29) is 11.8 Å². The van der Waals surface area contributed by atoms with Crippen molar-refractivity contribution in [1.29, 1.82) is 0 Å². The van der Waals surface area contributed by atoms with E-state index in [1.54, 1.807) is 4.90 Å². The number of carbonyl (C=O) groups is 2. The number of hydrogen-bond acceptors (Lipinski definition) is 2. The molecule has 0 radical (unpaired) electrons. The largest absolute Gasteiger partial charge is 0.480 e. The van der Waals surface area contributed by atoms with E-state index in [4.69, 9.17) is 0 Å². The maximum atomic E-state index is 12.4. The number of carboxylic acids is 1. The van der Waals surface area contributed by atoms with Crippen LogP contribution >= 0.6 is 0 Å². The number of carbonyl (C=O) groups excluding carboxylic acids is 1. The van der Waals surface area contributed by atoms with Gasteiger partial charge < -0.3 is 10.0 Å². The molecule has 19 heavy (non-hydrogen) atoms. The van der Waals surface area contributed by atoms with Crippen LogP contribution in [0.4, 0.5) is 0 Å². The topological polar surface area (TPSA) is 57.6 Å². The molecule has 0 spiro atoms. The van der Waals surface area contributed by atoms with Crippen LogP contribution in [0.3, 0.4) is 0 Å². The minimum absolute atomic E-state index is 0.0610.